The minimum atomic E-state index is -0.321. The first-order valence-corrected chi connectivity index (χ1v) is 8.89. The molecule has 0 spiro atoms. The van der Waals surface area contributed by atoms with Crippen LogP contribution in [0.3, 0.4) is 0 Å². The first kappa shape index (κ1) is 17.6. The number of nitrogens with zero attached hydrogens (tertiary/aromatic N) is 4. The number of hydrogen-bond acceptors (Lipinski definition) is 5. The summed E-state index contributed by atoms with van der Waals surface area (Å²) in [7, 11) is 3.57. The maximum Gasteiger partial charge on any atom is 0.338 e. The number of carbonyl (C=O) groups is 1. The van der Waals surface area contributed by atoms with Crippen molar-refractivity contribution in [2.75, 3.05) is 27.2 Å². The highest BCUT2D eigenvalue weighted by Crippen LogP contribution is 2.26. The van der Waals surface area contributed by atoms with E-state index in [-0.39, 0.29) is 5.97 Å². The van der Waals surface area contributed by atoms with Crippen LogP contribution in [0.15, 0.2) is 24.7 Å². The van der Waals surface area contributed by atoms with E-state index in [1.54, 1.807) is 18.5 Å². The van der Waals surface area contributed by atoms with Gasteiger partial charge in [0.05, 0.1) is 24.9 Å². The lowest BCUT2D eigenvalue weighted by atomic mass is 10.0. The van der Waals surface area contributed by atoms with Crippen LogP contribution in [0.25, 0.3) is 0 Å². The molecular weight excluding hydrogens is 316 g/mol. The van der Waals surface area contributed by atoms with E-state index in [0.717, 1.165) is 37.9 Å². The van der Waals surface area contributed by atoms with Crippen molar-refractivity contribution in [3.05, 3.63) is 47.0 Å². The highest BCUT2D eigenvalue weighted by atomic mass is 16.5. The molecule has 0 saturated carbocycles. The van der Waals surface area contributed by atoms with Crippen LogP contribution in [0.4, 0.5) is 0 Å². The molecule has 134 valence electrons. The van der Waals surface area contributed by atoms with E-state index in [2.05, 4.69) is 33.6 Å². The monoisotopic (exact) mass is 342 g/mol. The molecule has 6 nitrogen and oxygen atoms in total. The summed E-state index contributed by atoms with van der Waals surface area (Å²) in [6.07, 6.45) is 9.15. The zero-order chi connectivity index (χ0) is 17.8. The van der Waals surface area contributed by atoms with Gasteiger partial charge in [-0.25, -0.2) is 4.79 Å². The second-order valence-corrected chi connectivity index (χ2v) is 6.65. The van der Waals surface area contributed by atoms with Crippen LogP contribution in [0.5, 0.6) is 0 Å². The molecule has 1 aliphatic heterocycles. The van der Waals surface area contributed by atoms with Gasteiger partial charge in [0.2, 0.25) is 0 Å². The fourth-order valence-electron chi connectivity index (χ4n) is 3.60. The lowest BCUT2D eigenvalue weighted by Crippen LogP contribution is -2.32. The molecular formula is C19H26N4O2. The smallest absolute Gasteiger partial charge is 0.338 e. The molecule has 3 heterocycles. The van der Waals surface area contributed by atoms with E-state index in [1.807, 2.05) is 6.20 Å². The molecule has 0 aromatic carbocycles. The fourth-order valence-corrected chi connectivity index (χ4v) is 3.60. The number of piperidine rings is 1. The van der Waals surface area contributed by atoms with Crippen molar-refractivity contribution in [2.24, 2.45) is 0 Å². The Labute approximate surface area is 148 Å². The van der Waals surface area contributed by atoms with Gasteiger partial charge in [-0.2, -0.15) is 5.10 Å². The number of aromatic nitrogens is 3. The average Bonchev–Trinajstić information content (AvgIpc) is 3.04. The van der Waals surface area contributed by atoms with Gasteiger partial charge >= 0.3 is 5.97 Å². The van der Waals surface area contributed by atoms with E-state index in [1.165, 1.54) is 18.4 Å². The molecule has 2 aromatic heterocycles. The third-order valence-corrected chi connectivity index (χ3v) is 5.04. The highest BCUT2D eigenvalue weighted by molar-refractivity contribution is 5.90. The van der Waals surface area contributed by atoms with E-state index in [9.17, 15) is 4.79 Å². The summed E-state index contributed by atoms with van der Waals surface area (Å²) in [6.45, 7) is 4.38. The molecule has 0 N–H and O–H groups in total. The third kappa shape index (κ3) is 3.74. The Bertz CT molecular complexity index is 733. The molecule has 0 atom stereocenters. The van der Waals surface area contributed by atoms with Crippen molar-refractivity contribution < 1.29 is 9.53 Å². The minimum Gasteiger partial charge on any atom is -0.465 e. The number of esters is 1. The standard InChI is InChI=1S/C19H26N4O2/c1-4-18-15(11-14-12-20-8-5-17(14)19(24)25-3)13-21-23(18)16-6-9-22(2)10-7-16/h5,8,12-13,16H,4,6-7,9-11H2,1-3H3. The molecule has 1 fully saturated rings. The Morgan fingerprint density at radius 3 is 2.72 bits per heavy atom. The number of ether oxygens (including phenoxy) is 1. The first-order valence-electron chi connectivity index (χ1n) is 8.89. The summed E-state index contributed by atoms with van der Waals surface area (Å²) in [4.78, 5) is 18.5. The van der Waals surface area contributed by atoms with Crippen LogP contribution >= 0.6 is 0 Å². The second kappa shape index (κ2) is 7.78. The van der Waals surface area contributed by atoms with Crippen molar-refractivity contribution in [3.63, 3.8) is 0 Å². The summed E-state index contributed by atoms with van der Waals surface area (Å²) < 4.78 is 7.09. The molecule has 6 heteroatoms. The summed E-state index contributed by atoms with van der Waals surface area (Å²) >= 11 is 0. The van der Waals surface area contributed by atoms with Gasteiger partial charge in [0.15, 0.2) is 0 Å². The molecule has 0 unspecified atom stereocenters. The van der Waals surface area contributed by atoms with Gasteiger partial charge in [-0.15, -0.1) is 0 Å². The Balaban J connectivity index is 1.86. The summed E-state index contributed by atoms with van der Waals surface area (Å²) in [5, 5.41) is 4.69. The van der Waals surface area contributed by atoms with Gasteiger partial charge in [-0.05, 0) is 56.6 Å². The number of carbonyl (C=O) groups excluding carboxylic acids is 1. The summed E-state index contributed by atoms with van der Waals surface area (Å²) in [5.74, 6) is -0.321. The summed E-state index contributed by atoms with van der Waals surface area (Å²) in [5.41, 5.74) is 3.88. The molecule has 3 rings (SSSR count). The van der Waals surface area contributed by atoms with Crippen molar-refractivity contribution >= 4 is 5.97 Å². The van der Waals surface area contributed by atoms with Gasteiger partial charge in [-0.1, -0.05) is 6.92 Å². The van der Waals surface area contributed by atoms with E-state index in [0.29, 0.717) is 18.0 Å². The largest absolute Gasteiger partial charge is 0.465 e. The van der Waals surface area contributed by atoms with Crippen LogP contribution in [0.2, 0.25) is 0 Å². The number of likely N-dealkylation sites (tertiary alicyclic amines) is 1. The highest BCUT2D eigenvalue weighted by Gasteiger charge is 2.23. The Hall–Kier alpha value is -2.21. The van der Waals surface area contributed by atoms with Crippen LogP contribution in [-0.2, 0) is 17.6 Å². The topological polar surface area (TPSA) is 60.2 Å². The number of hydrogen-bond donors (Lipinski definition) is 0. The van der Waals surface area contributed by atoms with Crippen molar-refractivity contribution in [1.29, 1.82) is 0 Å². The van der Waals surface area contributed by atoms with Crippen LogP contribution in [0.1, 0.15) is 53.0 Å². The number of rotatable bonds is 5. The van der Waals surface area contributed by atoms with E-state index in [4.69, 9.17) is 4.74 Å². The number of pyridine rings is 1. The molecule has 0 amide bonds. The van der Waals surface area contributed by atoms with E-state index >= 15 is 0 Å². The molecule has 0 bridgehead atoms. The van der Waals surface area contributed by atoms with Gasteiger partial charge in [0.1, 0.15) is 0 Å². The maximum atomic E-state index is 12.0. The Morgan fingerprint density at radius 1 is 1.28 bits per heavy atom. The summed E-state index contributed by atoms with van der Waals surface area (Å²) in [6, 6.07) is 2.18. The first-order chi connectivity index (χ1) is 12.1. The van der Waals surface area contributed by atoms with Crippen LogP contribution in [0, 0.1) is 0 Å². The Kier molecular flexibility index (Phi) is 5.48. The predicted octanol–water partition coefficient (Wildman–Crippen LogP) is 2.48. The van der Waals surface area contributed by atoms with Gasteiger partial charge in [-0.3, -0.25) is 9.67 Å². The molecule has 0 radical (unpaired) electrons. The normalized spacial score (nSPS) is 16.1. The molecule has 1 aliphatic rings. The van der Waals surface area contributed by atoms with Crippen molar-refractivity contribution in [2.45, 2.75) is 38.6 Å². The zero-order valence-corrected chi connectivity index (χ0v) is 15.2. The fraction of sp³-hybridized carbons (Fsp3) is 0.526. The molecule has 0 aliphatic carbocycles. The average molecular weight is 342 g/mol. The van der Waals surface area contributed by atoms with E-state index < -0.39 is 0 Å². The van der Waals surface area contributed by atoms with Gasteiger partial charge < -0.3 is 9.64 Å². The van der Waals surface area contributed by atoms with Gasteiger partial charge in [0, 0.05) is 24.5 Å². The lowest BCUT2D eigenvalue weighted by Gasteiger charge is -2.30. The maximum absolute atomic E-state index is 12.0. The van der Waals surface area contributed by atoms with Crippen molar-refractivity contribution in [3.8, 4) is 0 Å². The predicted molar refractivity (Wildman–Crippen MR) is 95.8 cm³/mol. The second-order valence-electron chi connectivity index (χ2n) is 6.65. The van der Waals surface area contributed by atoms with Crippen LogP contribution in [-0.4, -0.2) is 52.9 Å². The SMILES string of the molecule is CCc1c(Cc2cnccc2C(=O)OC)cnn1C1CCN(C)CC1. The third-order valence-electron chi connectivity index (χ3n) is 5.04. The zero-order valence-electron chi connectivity index (χ0n) is 15.2. The lowest BCUT2D eigenvalue weighted by molar-refractivity contribution is 0.0599. The molecule has 25 heavy (non-hydrogen) atoms. The molecule has 1 saturated heterocycles. The minimum absolute atomic E-state index is 0.321. The van der Waals surface area contributed by atoms with Crippen molar-refractivity contribution in [1.82, 2.24) is 19.7 Å². The Morgan fingerprint density at radius 2 is 2.04 bits per heavy atom. The number of methoxy groups -OCH3 is 1. The van der Waals surface area contributed by atoms with Gasteiger partial charge in [0.25, 0.3) is 0 Å². The molecule has 2 aromatic rings. The van der Waals surface area contributed by atoms with Crippen LogP contribution < -0.4 is 0 Å². The quantitative estimate of drug-likeness (QED) is 0.781.